The number of ether oxygens (including phenoxy) is 2. The number of anilines is 1. The van der Waals surface area contributed by atoms with Crippen LogP contribution in [0.3, 0.4) is 0 Å². The highest BCUT2D eigenvalue weighted by atomic mass is 16.5. The highest BCUT2D eigenvalue weighted by molar-refractivity contribution is 6.49. The third-order valence-corrected chi connectivity index (χ3v) is 6.88. The first-order valence-corrected chi connectivity index (χ1v) is 12.6. The van der Waals surface area contributed by atoms with Crippen molar-refractivity contribution in [2.75, 3.05) is 45.7 Å². The molecule has 0 bridgehead atoms. The zero-order chi connectivity index (χ0) is 25.5. The van der Waals surface area contributed by atoms with E-state index in [4.69, 9.17) is 14.5 Å². The highest BCUT2D eigenvalue weighted by Crippen LogP contribution is 2.39. The third-order valence-electron chi connectivity index (χ3n) is 6.88. The topological polar surface area (TPSA) is 88.9 Å². The molecular weight excluding hydrogens is 442 g/mol. The van der Waals surface area contributed by atoms with E-state index in [0.717, 1.165) is 61.3 Å². The number of unbranched alkanes of at least 4 members (excludes halogenated alkanes) is 1. The Bertz CT molecular complexity index is 1050. The smallest absolute Gasteiger partial charge is 0.189 e. The summed E-state index contributed by atoms with van der Waals surface area (Å²) in [6.07, 6.45) is 2.82. The minimum atomic E-state index is -0.327. The Morgan fingerprint density at radius 3 is 2.20 bits per heavy atom. The zero-order valence-corrected chi connectivity index (χ0v) is 22.2. The average Bonchev–Trinajstić information content (AvgIpc) is 2.87. The second-order valence-electron chi connectivity index (χ2n) is 8.86. The number of carbonyl (C=O) groups excluding carboxylic acids is 1. The number of aromatic nitrogens is 2. The Balaban J connectivity index is 1.88. The van der Waals surface area contributed by atoms with Gasteiger partial charge in [-0.15, -0.1) is 10.2 Å². The Labute approximate surface area is 209 Å². The van der Waals surface area contributed by atoms with E-state index in [2.05, 4.69) is 34.3 Å². The van der Waals surface area contributed by atoms with Crippen LogP contribution in [0.25, 0.3) is 0 Å². The molecule has 0 radical (unpaired) electrons. The van der Waals surface area contributed by atoms with Gasteiger partial charge in [0.05, 0.1) is 20.1 Å². The lowest BCUT2D eigenvalue weighted by molar-refractivity contribution is -0.114. The van der Waals surface area contributed by atoms with Gasteiger partial charge < -0.3 is 19.7 Å². The minimum Gasteiger partial charge on any atom is -0.496 e. The molecule has 1 unspecified atom stereocenters. The lowest BCUT2D eigenvalue weighted by Crippen LogP contribution is -2.28. The van der Waals surface area contributed by atoms with E-state index < -0.39 is 0 Å². The molecule has 2 heterocycles. The molecule has 1 aromatic carbocycles. The van der Waals surface area contributed by atoms with Crippen molar-refractivity contribution < 1.29 is 14.3 Å². The van der Waals surface area contributed by atoms with E-state index in [-0.39, 0.29) is 11.7 Å². The fraction of sp³-hybridized carbons (Fsp3) is 0.556. The van der Waals surface area contributed by atoms with Gasteiger partial charge >= 0.3 is 0 Å². The monoisotopic (exact) mass is 481 g/mol. The number of hydrogen-bond acceptors (Lipinski definition) is 8. The van der Waals surface area contributed by atoms with Crippen molar-refractivity contribution in [3.8, 4) is 11.5 Å². The van der Waals surface area contributed by atoms with Crippen LogP contribution in [-0.4, -0.2) is 67.0 Å². The van der Waals surface area contributed by atoms with Gasteiger partial charge in [0.2, 0.25) is 0 Å². The van der Waals surface area contributed by atoms with Crippen LogP contribution in [0.15, 0.2) is 17.1 Å². The Hall–Kier alpha value is -3.00. The molecule has 0 amide bonds. The van der Waals surface area contributed by atoms with E-state index >= 15 is 0 Å². The van der Waals surface area contributed by atoms with E-state index in [1.165, 1.54) is 0 Å². The Kier molecular flexibility index (Phi) is 9.20. The van der Waals surface area contributed by atoms with Gasteiger partial charge in [0, 0.05) is 34.9 Å². The first kappa shape index (κ1) is 26.6. The summed E-state index contributed by atoms with van der Waals surface area (Å²) in [4.78, 5) is 20.8. The molecule has 0 saturated heterocycles. The molecule has 3 rings (SSSR count). The van der Waals surface area contributed by atoms with Crippen LogP contribution in [-0.2, 0) is 4.79 Å². The van der Waals surface area contributed by atoms with Crippen LogP contribution < -0.4 is 14.8 Å². The van der Waals surface area contributed by atoms with Crippen molar-refractivity contribution in [1.82, 2.24) is 15.1 Å². The number of benzene rings is 1. The van der Waals surface area contributed by atoms with E-state index in [1.807, 2.05) is 32.9 Å². The average molecular weight is 482 g/mol. The second-order valence-corrected chi connectivity index (χ2v) is 8.86. The molecule has 1 atom stereocenters. The quantitative estimate of drug-likeness (QED) is 0.434. The number of ketones is 1. The summed E-state index contributed by atoms with van der Waals surface area (Å²) >= 11 is 0. The largest absolute Gasteiger partial charge is 0.496 e. The molecule has 1 aromatic heterocycles. The maximum Gasteiger partial charge on any atom is 0.189 e. The Morgan fingerprint density at radius 1 is 0.971 bits per heavy atom. The van der Waals surface area contributed by atoms with Crippen LogP contribution in [0.2, 0.25) is 0 Å². The van der Waals surface area contributed by atoms with Gasteiger partial charge in [-0.05, 0) is 58.8 Å². The summed E-state index contributed by atoms with van der Waals surface area (Å²) < 4.78 is 11.1. The molecule has 35 heavy (non-hydrogen) atoms. The molecular formula is C27H39N5O3. The summed E-state index contributed by atoms with van der Waals surface area (Å²) in [6, 6.07) is 3.78. The molecule has 190 valence electrons. The van der Waals surface area contributed by atoms with E-state index in [0.29, 0.717) is 35.3 Å². The fourth-order valence-corrected chi connectivity index (χ4v) is 4.74. The number of carbonyl (C=O) groups is 1. The number of Topliss-reactive ketones (excluding diaryl/α,β-unsaturated/α-hetero) is 1. The number of nitrogens with one attached hydrogen (secondary N) is 1. The lowest BCUT2D eigenvalue weighted by atomic mass is 9.83. The molecule has 8 heteroatoms. The number of aliphatic imine (C=N–C) groups is 1. The Morgan fingerprint density at radius 2 is 1.63 bits per heavy atom. The summed E-state index contributed by atoms with van der Waals surface area (Å²) in [5.41, 5.74) is 3.67. The predicted octanol–water partition coefficient (Wildman–Crippen LogP) is 4.84. The number of rotatable bonds is 12. The molecule has 1 aliphatic heterocycles. The van der Waals surface area contributed by atoms with Gasteiger partial charge in [-0.1, -0.05) is 20.8 Å². The maximum atomic E-state index is 13.7. The second kappa shape index (κ2) is 12.1. The van der Waals surface area contributed by atoms with Crippen molar-refractivity contribution in [1.29, 1.82) is 0 Å². The number of fused-ring (bicyclic) bond motifs is 1. The van der Waals surface area contributed by atoms with Crippen LogP contribution in [0, 0.1) is 13.8 Å². The van der Waals surface area contributed by atoms with Gasteiger partial charge in [-0.3, -0.25) is 4.79 Å². The maximum absolute atomic E-state index is 13.7. The fourth-order valence-electron chi connectivity index (χ4n) is 4.74. The third kappa shape index (κ3) is 5.64. The molecule has 0 fully saturated rings. The van der Waals surface area contributed by atoms with Crippen molar-refractivity contribution in [2.24, 2.45) is 4.99 Å². The first-order valence-electron chi connectivity index (χ1n) is 12.6. The summed E-state index contributed by atoms with van der Waals surface area (Å²) in [6.45, 7) is 14.3. The molecule has 0 spiro atoms. The number of methoxy groups -OCH3 is 2. The minimum absolute atomic E-state index is 0.0142. The first-order chi connectivity index (χ1) is 16.9. The van der Waals surface area contributed by atoms with Crippen LogP contribution >= 0.6 is 0 Å². The molecule has 0 saturated carbocycles. The van der Waals surface area contributed by atoms with Gasteiger partial charge in [-0.25, -0.2) is 4.99 Å². The lowest BCUT2D eigenvalue weighted by Gasteiger charge is -2.25. The molecule has 1 N–H and O–H groups in total. The summed E-state index contributed by atoms with van der Waals surface area (Å²) in [7, 11) is 3.22. The molecule has 8 nitrogen and oxygen atoms in total. The van der Waals surface area contributed by atoms with Gasteiger partial charge in [0.25, 0.3) is 0 Å². The van der Waals surface area contributed by atoms with Crippen molar-refractivity contribution >= 4 is 23.1 Å². The molecule has 0 aliphatic carbocycles. The van der Waals surface area contributed by atoms with Crippen LogP contribution in [0.5, 0.6) is 11.5 Å². The van der Waals surface area contributed by atoms with Gasteiger partial charge in [0.1, 0.15) is 23.0 Å². The normalized spacial score (nSPS) is 15.1. The van der Waals surface area contributed by atoms with E-state index in [9.17, 15) is 4.79 Å². The van der Waals surface area contributed by atoms with Gasteiger partial charge in [-0.2, -0.15) is 0 Å². The van der Waals surface area contributed by atoms with Crippen molar-refractivity contribution in [3.63, 3.8) is 0 Å². The summed E-state index contributed by atoms with van der Waals surface area (Å²) in [5, 5.41) is 12.1. The summed E-state index contributed by atoms with van der Waals surface area (Å²) in [5.74, 6) is 2.16. The SMILES string of the molecule is CCC1C(=O)C(c2c(C)c(OC)cc(OC)c2C)=Nc2nnc(NCCCCN(CC)CC)cc21. The van der Waals surface area contributed by atoms with Crippen LogP contribution in [0.1, 0.15) is 68.2 Å². The van der Waals surface area contributed by atoms with E-state index in [1.54, 1.807) is 14.2 Å². The van der Waals surface area contributed by atoms with Crippen molar-refractivity contribution in [2.45, 2.75) is 59.8 Å². The number of nitrogens with zero attached hydrogens (tertiary/aromatic N) is 4. The van der Waals surface area contributed by atoms with Gasteiger partial charge in [0.15, 0.2) is 11.6 Å². The van der Waals surface area contributed by atoms with Crippen LogP contribution in [0.4, 0.5) is 11.6 Å². The molecule has 1 aliphatic rings. The standard InChI is InChI=1S/C27H39N5O3/c1-8-19-20-15-23(28-13-11-12-14-32(9-2)10-3)30-31-27(20)29-25(26(19)33)24-17(4)21(34-6)16-22(35-7)18(24)5/h15-16,19H,8-14H2,1-7H3,(H,28,30). The zero-order valence-electron chi connectivity index (χ0n) is 22.2. The van der Waals surface area contributed by atoms with Crippen molar-refractivity contribution in [3.05, 3.63) is 34.4 Å². The highest BCUT2D eigenvalue weighted by Gasteiger charge is 2.34. The molecule has 2 aromatic rings. The number of hydrogen-bond donors (Lipinski definition) is 1. The predicted molar refractivity (Wildman–Crippen MR) is 141 cm³/mol.